The maximum Gasteiger partial charge on any atom is 0.586 e. The van der Waals surface area contributed by atoms with Gasteiger partial charge in [-0.05, 0) is 30.5 Å². The SMILES string of the molecule is Cc1cc2c(cc1C1=CC(C)C(C)C(=NCc3c(F)cncc3F)C=N1)OC(F)(F)O2. The van der Waals surface area contributed by atoms with Gasteiger partial charge in [-0.25, -0.2) is 8.78 Å². The number of aromatic nitrogens is 1. The summed E-state index contributed by atoms with van der Waals surface area (Å²) in [7, 11) is 0. The topological polar surface area (TPSA) is 56.1 Å². The predicted octanol–water partition coefficient (Wildman–Crippen LogP) is 5.33. The molecule has 162 valence electrons. The Labute approximate surface area is 176 Å². The Morgan fingerprint density at radius 2 is 1.71 bits per heavy atom. The fourth-order valence-corrected chi connectivity index (χ4v) is 3.44. The van der Waals surface area contributed by atoms with E-state index < -0.39 is 17.9 Å². The van der Waals surface area contributed by atoms with E-state index in [0.717, 1.165) is 12.4 Å². The number of alkyl halides is 2. The molecule has 9 heteroatoms. The predicted molar refractivity (Wildman–Crippen MR) is 107 cm³/mol. The summed E-state index contributed by atoms with van der Waals surface area (Å²) in [6.45, 7) is 5.46. The van der Waals surface area contributed by atoms with E-state index in [1.165, 1.54) is 18.3 Å². The summed E-state index contributed by atoms with van der Waals surface area (Å²) < 4.78 is 63.6. The van der Waals surface area contributed by atoms with Crippen LogP contribution in [0.4, 0.5) is 17.6 Å². The lowest BCUT2D eigenvalue weighted by Gasteiger charge is -2.15. The molecule has 31 heavy (non-hydrogen) atoms. The Balaban J connectivity index is 1.65. The zero-order chi connectivity index (χ0) is 22.3. The van der Waals surface area contributed by atoms with Crippen LogP contribution in [0, 0.1) is 30.4 Å². The van der Waals surface area contributed by atoms with Gasteiger partial charge in [-0.3, -0.25) is 15.0 Å². The molecule has 5 nitrogen and oxygen atoms in total. The molecule has 2 aliphatic rings. The molecule has 2 unspecified atom stereocenters. The van der Waals surface area contributed by atoms with E-state index in [9.17, 15) is 17.6 Å². The van der Waals surface area contributed by atoms with Crippen LogP contribution in [0.2, 0.25) is 0 Å². The molecule has 0 saturated carbocycles. The molecule has 2 aliphatic heterocycles. The quantitative estimate of drug-likeness (QED) is 0.615. The second-order valence-electron chi connectivity index (χ2n) is 7.56. The van der Waals surface area contributed by atoms with Gasteiger partial charge in [-0.1, -0.05) is 19.9 Å². The molecular weight excluding hydrogens is 414 g/mol. The Morgan fingerprint density at radius 3 is 2.39 bits per heavy atom. The standard InChI is InChI=1S/C22H19F4N3O2/c1-11-4-18(14-6-21-20(5-12(14)2)30-22(25,26)31-21)29-10-19(13(11)3)28-7-15-16(23)8-27-9-17(15)24/h4-6,8-11,13H,7H2,1-3H3. The van der Waals surface area contributed by atoms with Crippen LogP contribution in [-0.4, -0.2) is 23.2 Å². The zero-order valence-corrected chi connectivity index (χ0v) is 17.0. The van der Waals surface area contributed by atoms with Crippen LogP contribution in [0.1, 0.15) is 30.5 Å². The number of allylic oxidation sites excluding steroid dienone is 1. The van der Waals surface area contributed by atoms with Crippen molar-refractivity contribution < 1.29 is 27.0 Å². The number of hydrogen-bond acceptors (Lipinski definition) is 5. The van der Waals surface area contributed by atoms with Gasteiger partial charge in [-0.15, -0.1) is 8.78 Å². The van der Waals surface area contributed by atoms with E-state index in [-0.39, 0.29) is 35.4 Å². The first-order chi connectivity index (χ1) is 14.6. The number of benzene rings is 1. The van der Waals surface area contributed by atoms with Crippen molar-refractivity contribution in [2.45, 2.75) is 33.6 Å². The highest BCUT2D eigenvalue weighted by Crippen LogP contribution is 2.44. The van der Waals surface area contributed by atoms with Crippen molar-refractivity contribution in [3.05, 3.63) is 58.9 Å². The van der Waals surface area contributed by atoms with E-state index in [2.05, 4.69) is 24.4 Å². The molecule has 0 bridgehead atoms. The molecule has 0 fully saturated rings. The summed E-state index contributed by atoms with van der Waals surface area (Å²) >= 11 is 0. The first kappa shape index (κ1) is 21.0. The summed E-state index contributed by atoms with van der Waals surface area (Å²) in [6.07, 6.45) is 1.62. The molecule has 1 aromatic heterocycles. The van der Waals surface area contributed by atoms with Gasteiger partial charge in [0.25, 0.3) is 0 Å². The maximum absolute atomic E-state index is 13.9. The molecule has 2 atom stereocenters. The summed E-state index contributed by atoms with van der Waals surface area (Å²) in [5, 5.41) is 0. The number of ether oxygens (including phenoxy) is 2. The number of aliphatic imine (C=N–C) groups is 2. The normalized spacial score (nSPS) is 23.1. The van der Waals surface area contributed by atoms with Crippen LogP contribution < -0.4 is 9.47 Å². The van der Waals surface area contributed by atoms with E-state index in [1.54, 1.807) is 6.92 Å². The van der Waals surface area contributed by atoms with E-state index in [4.69, 9.17) is 0 Å². The Bertz CT molecular complexity index is 1110. The summed E-state index contributed by atoms with van der Waals surface area (Å²) in [5.41, 5.74) is 2.26. The second kappa shape index (κ2) is 7.79. The largest absolute Gasteiger partial charge is 0.586 e. The van der Waals surface area contributed by atoms with Crippen LogP contribution in [0.15, 0.2) is 40.6 Å². The number of fused-ring (bicyclic) bond motifs is 1. The lowest BCUT2D eigenvalue weighted by Crippen LogP contribution is -2.25. The van der Waals surface area contributed by atoms with Gasteiger partial charge in [-0.2, -0.15) is 0 Å². The molecule has 0 spiro atoms. The number of hydrogen-bond donors (Lipinski definition) is 0. The van der Waals surface area contributed by atoms with Crippen LogP contribution >= 0.6 is 0 Å². The molecule has 0 radical (unpaired) electrons. The highest BCUT2D eigenvalue weighted by Gasteiger charge is 2.43. The Kier molecular flexibility index (Phi) is 5.28. The van der Waals surface area contributed by atoms with Crippen LogP contribution in [-0.2, 0) is 6.54 Å². The summed E-state index contributed by atoms with van der Waals surface area (Å²) in [4.78, 5) is 12.3. The molecule has 0 N–H and O–H groups in total. The minimum Gasteiger partial charge on any atom is -0.395 e. The molecule has 3 heterocycles. The van der Waals surface area contributed by atoms with Gasteiger partial charge < -0.3 is 9.47 Å². The zero-order valence-electron chi connectivity index (χ0n) is 17.0. The molecule has 0 amide bonds. The molecule has 1 aromatic carbocycles. The fraction of sp³-hybridized carbons (Fsp3) is 0.318. The van der Waals surface area contributed by atoms with Crippen molar-refractivity contribution in [3.8, 4) is 11.5 Å². The molecule has 0 aliphatic carbocycles. The van der Waals surface area contributed by atoms with Crippen molar-refractivity contribution in [1.82, 2.24) is 4.98 Å². The number of pyridine rings is 1. The van der Waals surface area contributed by atoms with Crippen molar-refractivity contribution in [3.63, 3.8) is 0 Å². The number of rotatable bonds is 3. The van der Waals surface area contributed by atoms with Crippen LogP contribution in [0.3, 0.4) is 0 Å². The third-order valence-electron chi connectivity index (χ3n) is 5.41. The molecule has 2 aromatic rings. The molecule has 0 saturated heterocycles. The lowest BCUT2D eigenvalue weighted by atomic mass is 9.90. The monoisotopic (exact) mass is 433 g/mol. The van der Waals surface area contributed by atoms with Gasteiger partial charge >= 0.3 is 6.29 Å². The minimum absolute atomic E-state index is 0.0327. The van der Waals surface area contributed by atoms with Crippen molar-refractivity contribution in [2.75, 3.05) is 0 Å². The summed E-state index contributed by atoms with van der Waals surface area (Å²) in [5.74, 6) is -1.74. The number of nitrogens with zero attached hydrogens (tertiary/aromatic N) is 3. The van der Waals surface area contributed by atoms with Gasteiger partial charge in [0.1, 0.15) is 11.6 Å². The number of aryl methyl sites for hydroxylation is 1. The Hall–Kier alpha value is -3.23. The highest BCUT2D eigenvalue weighted by molar-refractivity contribution is 6.32. The van der Waals surface area contributed by atoms with Crippen LogP contribution in [0.25, 0.3) is 5.70 Å². The number of halogens is 4. The van der Waals surface area contributed by atoms with Crippen molar-refractivity contribution >= 4 is 17.6 Å². The highest BCUT2D eigenvalue weighted by atomic mass is 19.3. The maximum atomic E-state index is 13.9. The average Bonchev–Trinajstić information content (AvgIpc) is 2.92. The van der Waals surface area contributed by atoms with Crippen molar-refractivity contribution in [2.24, 2.45) is 21.8 Å². The van der Waals surface area contributed by atoms with Gasteiger partial charge in [0.2, 0.25) is 0 Å². The van der Waals surface area contributed by atoms with Gasteiger partial charge in [0.15, 0.2) is 11.5 Å². The first-order valence-electron chi connectivity index (χ1n) is 9.63. The fourth-order valence-electron chi connectivity index (χ4n) is 3.44. The third-order valence-corrected chi connectivity index (χ3v) is 5.41. The van der Waals surface area contributed by atoms with Crippen LogP contribution in [0.5, 0.6) is 11.5 Å². The van der Waals surface area contributed by atoms with E-state index in [0.29, 0.717) is 22.5 Å². The van der Waals surface area contributed by atoms with E-state index >= 15 is 0 Å². The summed E-state index contributed by atoms with van der Waals surface area (Å²) in [6, 6.07) is 2.95. The smallest absolute Gasteiger partial charge is 0.395 e. The minimum atomic E-state index is -3.70. The molecular formula is C22H19F4N3O2. The van der Waals surface area contributed by atoms with Gasteiger partial charge in [0.05, 0.1) is 30.3 Å². The molecule has 4 rings (SSSR count). The first-order valence-corrected chi connectivity index (χ1v) is 9.63. The average molecular weight is 433 g/mol. The lowest BCUT2D eigenvalue weighted by molar-refractivity contribution is -0.286. The van der Waals surface area contributed by atoms with Gasteiger partial charge in [0, 0.05) is 23.3 Å². The van der Waals surface area contributed by atoms with Crippen molar-refractivity contribution in [1.29, 1.82) is 0 Å². The van der Waals surface area contributed by atoms with E-state index in [1.807, 2.05) is 19.9 Å². The second-order valence-corrected chi connectivity index (χ2v) is 7.56. The third kappa shape index (κ3) is 4.17. The Morgan fingerprint density at radius 1 is 1.06 bits per heavy atom.